The number of aliphatic hydroxyl groups is 1. The van der Waals surface area contributed by atoms with E-state index in [2.05, 4.69) is 36.5 Å². The topological polar surface area (TPSA) is 32.3 Å². The van der Waals surface area contributed by atoms with Crippen LogP contribution in [-0.2, 0) is 5.60 Å². The molecular formula is C16H23NO. The van der Waals surface area contributed by atoms with Crippen LogP contribution >= 0.6 is 0 Å². The van der Waals surface area contributed by atoms with Crippen molar-refractivity contribution in [3.05, 3.63) is 35.4 Å². The van der Waals surface area contributed by atoms with Crippen LogP contribution in [0.3, 0.4) is 0 Å². The predicted octanol–water partition coefficient (Wildman–Crippen LogP) is 2.77. The number of hydrogen-bond donors (Lipinski definition) is 2. The van der Waals surface area contributed by atoms with E-state index in [0.717, 1.165) is 31.0 Å². The van der Waals surface area contributed by atoms with Gasteiger partial charge in [-0.2, -0.15) is 0 Å². The average molecular weight is 245 g/mol. The van der Waals surface area contributed by atoms with E-state index in [1.54, 1.807) is 0 Å². The Morgan fingerprint density at radius 1 is 1.22 bits per heavy atom. The Labute approximate surface area is 109 Å². The van der Waals surface area contributed by atoms with E-state index < -0.39 is 5.60 Å². The molecule has 1 saturated carbocycles. The molecule has 2 heteroatoms. The van der Waals surface area contributed by atoms with E-state index in [1.165, 1.54) is 24.8 Å². The monoisotopic (exact) mass is 245 g/mol. The lowest BCUT2D eigenvalue weighted by Crippen LogP contribution is -2.46. The molecule has 2 nitrogen and oxygen atoms in total. The van der Waals surface area contributed by atoms with E-state index in [4.69, 9.17) is 0 Å². The molecule has 2 unspecified atom stereocenters. The third-order valence-electron chi connectivity index (χ3n) is 4.94. The van der Waals surface area contributed by atoms with Gasteiger partial charge in [0.05, 0.1) is 5.60 Å². The molecule has 2 atom stereocenters. The van der Waals surface area contributed by atoms with Crippen molar-refractivity contribution in [2.24, 2.45) is 5.92 Å². The smallest absolute Gasteiger partial charge is 0.0946 e. The summed E-state index contributed by atoms with van der Waals surface area (Å²) in [6, 6.07) is 8.75. The van der Waals surface area contributed by atoms with Gasteiger partial charge in [-0.15, -0.1) is 0 Å². The summed E-state index contributed by atoms with van der Waals surface area (Å²) in [5, 5.41) is 14.2. The van der Waals surface area contributed by atoms with Gasteiger partial charge in [0, 0.05) is 12.5 Å². The summed E-state index contributed by atoms with van der Waals surface area (Å²) in [5.41, 5.74) is 1.92. The minimum atomic E-state index is -0.636. The molecular weight excluding hydrogens is 222 g/mol. The minimum Gasteiger partial charge on any atom is -0.385 e. The van der Waals surface area contributed by atoms with E-state index >= 15 is 0 Å². The van der Waals surface area contributed by atoms with Crippen molar-refractivity contribution in [1.82, 2.24) is 5.32 Å². The average Bonchev–Trinajstić information content (AvgIpc) is 2.32. The van der Waals surface area contributed by atoms with E-state index in [0.29, 0.717) is 0 Å². The molecule has 0 amide bonds. The molecule has 1 aromatic carbocycles. The quantitative estimate of drug-likeness (QED) is 0.839. The SMILES string of the molecule is CC1CNCCC1(O)c1ccc(C2CCC2)cc1. The standard InChI is InChI=1S/C16H23NO/c1-12-11-17-10-9-16(12,18)15-7-5-14(6-8-15)13-3-2-4-13/h5-8,12-13,17-18H,2-4,9-11H2,1H3. The molecule has 0 spiro atoms. The van der Waals surface area contributed by atoms with Crippen molar-refractivity contribution in [3.8, 4) is 0 Å². The van der Waals surface area contributed by atoms with Crippen LogP contribution in [0.25, 0.3) is 0 Å². The lowest BCUT2D eigenvalue weighted by molar-refractivity contribution is -0.0392. The normalized spacial score (nSPS) is 33.1. The van der Waals surface area contributed by atoms with Gasteiger partial charge in [-0.25, -0.2) is 0 Å². The van der Waals surface area contributed by atoms with Crippen LogP contribution in [0.2, 0.25) is 0 Å². The highest BCUT2D eigenvalue weighted by atomic mass is 16.3. The van der Waals surface area contributed by atoms with Crippen LogP contribution in [0.5, 0.6) is 0 Å². The molecule has 1 aliphatic heterocycles. The predicted molar refractivity (Wildman–Crippen MR) is 73.6 cm³/mol. The van der Waals surface area contributed by atoms with Gasteiger partial charge in [0.25, 0.3) is 0 Å². The molecule has 1 aromatic rings. The first kappa shape index (κ1) is 12.2. The van der Waals surface area contributed by atoms with Gasteiger partial charge in [-0.05, 0) is 42.9 Å². The third-order valence-corrected chi connectivity index (χ3v) is 4.94. The van der Waals surface area contributed by atoms with Crippen molar-refractivity contribution in [2.75, 3.05) is 13.1 Å². The molecule has 1 aliphatic carbocycles. The van der Waals surface area contributed by atoms with E-state index in [1.807, 2.05) is 0 Å². The molecule has 2 fully saturated rings. The molecule has 0 radical (unpaired) electrons. The molecule has 98 valence electrons. The molecule has 18 heavy (non-hydrogen) atoms. The van der Waals surface area contributed by atoms with E-state index in [-0.39, 0.29) is 5.92 Å². The van der Waals surface area contributed by atoms with Crippen molar-refractivity contribution in [3.63, 3.8) is 0 Å². The maximum absolute atomic E-state index is 10.9. The fourth-order valence-corrected chi connectivity index (χ4v) is 3.23. The number of rotatable bonds is 2. The maximum atomic E-state index is 10.9. The van der Waals surface area contributed by atoms with Gasteiger partial charge in [0.15, 0.2) is 0 Å². The van der Waals surface area contributed by atoms with Crippen LogP contribution in [0, 0.1) is 5.92 Å². The second-order valence-electron chi connectivity index (χ2n) is 6.03. The zero-order valence-electron chi connectivity index (χ0n) is 11.2. The molecule has 2 aliphatic rings. The van der Waals surface area contributed by atoms with Crippen LogP contribution in [0.1, 0.15) is 49.7 Å². The summed E-state index contributed by atoms with van der Waals surface area (Å²) in [7, 11) is 0. The van der Waals surface area contributed by atoms with Crippen molar-refractivity contribution >= 4 is 0 Å². The van der Waals surface area contributed by atoms with Gasteiger partial charge < -0.3 is 10.4 Å². The Morgan fingerprint density at radius 3 is 2.50 bits per heavy atom. The first-order valence-corrected chi connectivity index (χ1v) is 7.24. The number of hydrogen-bond acceptors (Lipinski definition) is 2. The highest BCUT2D eigenvalue weighted by Gasteiger charge is 2.37. The number of benzene rings is 1. The third kappa shape index (κ3) is 1.98. The number of nitrogens with one attached hydrogen (secondary N) is 1. The first-order valence-electron chi connectivity index (χ1n) is 7.24. The van der Waals surface area contributed by atoms with Crippen LogP contribution in [0.15, 0.2) is 24.3 Å². The zero-order valence-corrected chi connectivity index (χ0v) is 11.2. The summed E-state index contributed by atoms with van der Waals surface area (Å²) < 4.78 is 0. The highest BCUT2D eigenvalue weighted by Crippen LogP contribution is 2.39. The lowest BCUT2D eigenvalue weighted by Gasteiger charge is -2.39. The van der Waals surface area contributed by atoms with Gasteiger partial charge >= 0.3 is 0 Å². The fourth-order valence-electron chi connectivity index (χ4n) is 3.23. The van der Waals surface area contributed by atoms with Gasteiger partial charge in [-0.1, -0.05) is 37.6 Å². The van der Waals surface area contributed by atoms with Crippen molar-refractivity contribution < 1.29 is 5.11 Å². The molecule has 1 heterocycles. The number of piperidine rings is 1. The second-order valence-corrected chi connectivity index (χ2v) is 6.03. The summed E-state index contributed by atoms with van der Waals surface area (Å²) in [6.07, 6.45) is 4.86. The summed E-state index contributed by atoms with van der Waals surface area (Å²) in [4.78, 5) is 0. The van der Waals surface area contributed by atoms with Crippen LogP contribution < -0.4 is 5.32 Å². The van der Waals surface area contributed by atoms with E-state index in [9.17, 15) is 5.11 Å². The Hall–Kier alpha value is -0.860. The Kier molecular flexibility index (Phi) is 3.16. The molecule has 1 saturated heterocycles. The highest BCUT2D eigenvalue weighted by molar-refractivity contribution is 5.31. The molecule has 3 rings (SSSR count). The van der Waals surface area contributed by atoms with Crippen molar-refractivity contribution in [1.29, 1.82) is 0 Å². The minimum absolute atomic E-state index is 0.279. The largest absolute Gasteiger partial charge is 0.385 e. The summed E-state index contributed by atoms with van der Waals surface area (Å²) >= 11 is 0. The second kappa shape index (κ2) is 4.67. The van der Waals surface area contributed by atoms with Gasteiger partial charge in [-0.3, -0.25) is 0 Å². The lowest BCUT2D eigenvalue weighted by atomic mass is 9.75. The van der Waals surface area contributed by atoms with Gasteiger partial charge in [0.1, 0.15) is 0 Å². The summed E-state index contributed by atoms with van der Waals surface area (Å²) in [5.74, 6) is 1.06. The van der Waals surface area contributed by atoms with Crippen molar-refractivity contribution in [2.45, 2.75) is 44.1 Å². The fraction of sp³-hybridized carbons (Fsp3) is 0.625. The van der Waals surface area contributed by atoms with Gasteiger partial charge in [0.2, 0.25) is 0 Å². The van der Waals surface area contributed by atoms with Crippen LogP contribution in [-0.4, -0.2) is 18.2 Å². The molecule has 0 bridgehead atoms. The van der Waals surface area contributed by atoms with Crippen LogP contribution in [0.4, 0.5) is 0 Å². The molecule has 2 N–H and O–H groups in total. The maximum Gasteiger partial charge on any atom is 0.0946 e. The zero-order chi connectivity index (χ0) is 12.6. The molecule has 0 aromatic heterocycles. The Bertz CT molecular complexity index is 410. The first-order chi connectivity index (χ1) is 8.70. The summed E-state index contributed by atoms with van der Waals surface area (Å²) in [6.45, 7) is 3.94. The Morgan fingerprint density at radius 2 is 1.94 bits per heavy atom. The Balaban J connectivity index is 1.82.